The fourth-order valence-corrected chi connectivity index (χ4v) is 4.40. The molecule has 5 rings (SSSR count). The molecule has 1 aromatic heterocycles. The monoisotopic (exact) mass is 369 g/mol. The molecule has 3 aliphatic heterocycles. The summed E-state index contributed by atoms with van der Waals surface area (Å²) in [7, 11) is 1.66. The number of piperidine rings is 3. The molecule has 1 N–H and O–H groups in total. The van der Waals surface area contributed by atoms with Crippen LogP contribution in [0, 0.1) is 11.8 Å². The quantitative estimate of drug-likeness (QED) is 0.800. The Bertz CT molecular complexity index is 763. The van der Waals surface area contributed by atoms with Crippen LogP contribution in [-0.4, -0.2) is 52.0 Å². The van der Waals surface area contributed by atoms with E-state index < -0.39 is 0 Å². The first-order valence-corrected chi connectivity index (χ1v) is 9.66. The number of amides is 1. The lowest BCUT2D eigenvalue weighted by Gasteiger charge is -2.49. The molecule has 27 heavy (non-hydrogen) atoms. The van der Waals surface area contributed by atoms with Crippen LogP contribution in [0.25, 0.3) is 0 Å². The van der Waals surface area contributed by atoms with E-state index in [1.165, 1.54) is 0 Å². The maximum atomic E-state index is 12.7. The molecule has 7 nitrogen and oxygen atoms in total. The SMILES string of the molecule is COCc1cn(C[C@H]2CC3CCN2C[C@@H]3C(=O)NCc2ccccc2)nn1. The summed E-state index contributed by atoms with van der Waals surface area (Å²) in [6, 6.07) is 10.5. The van der Waals surface area contributed by atoms with Crippen molar-refractivity contribution in [2.24, 2.45) is 11.8 Å². The second kappa shape index (κ2) is 8.19. The summed E-state index contributed by atoms with van der Waals surface area (Å²) in [6.45, 7) is 3.83. The first kappa shape index (κ1) is 18.1. The van der Waals surface area contributed by atoms with Crippen molar-refractivity contribution in [3.8, 4) is 0 Å². The standard InChI is InChI=1S/C20H27N5O2/c1-27-14-17-11-25(23-22-17)12-18-9-16-7-8-24(18)13-19(16)20(26)21-10-15-5-3-2-4-6-15/h2-6,11,16,18-19H,7-10,12-14H2,1H3,(H,21,26)/t16?,18-,19+/m1/s1. The predicted molar refractivity (Wildman–Crippen MR) is 101 cm³/mol. The van der Waals surface area contributed by atoms with E-state index in [-0.39, 0.29) is 11.8 Å². The molecule has 2 bridgehead atoms. The molecule has 4 heterocycles. The van der Waals surface area contributed by atoms with Crippen LogP contribution in [0.15, 0.2) is 36.5 Å². The maximum absolute atomic E-state index is 12.7. The molecule has 3 saturated heterocycles. The fourth-order valence-electron chi connectivity index (χ4n) is 4.40. The summed E-state index contributed by atoms with van der Waals surface area (Å²) in [4.78, 5) is 15.2. The fraction of sp³-hybridized carbons (Fsp3) is 0.550. The molecule has 0 saturated carbocycles. The Kier molecular flexibility index (Phi) is 5.50. The van der Waals surface area contributed by atoms with Gasteiger partial charge in [0.25, 0.3) is 0 Å². The summed E-state index contributed by atoms with van der Waals surface area (Å²) in [5.74, 6) is 0.742. The number of nitrogens with one attached hydrogen (secondary N) is 1. The first-order chi connectivity index (χ1) is 13.2. The van der Waals surface area contributed by atoms with Gasteiger partial charge in [-0.25, -0.2) is 0 Å². The van der Waals surface area contributed by atoms with E-state index >= 15 is 0 Å². The van der Waals surface area contributed by atoms with E-state index in [4.69, 9.17) is 4.74 Å². The van der Waals surface area contributed by atoms with Crippen LogP contribution in [0.1, 0.15) is 24.1 Å². The molecule has 7 heteroatoms. The van der Waals surface area contributed by atoms with Gasteiger partial charge in [-0.3, -0.25) is 14.4 Å². The minimum absolute atomic E-state index is 0.0958. The van der Waals surface area contributed by atoms with Crippen LogP contribution in [0.2, 0.25) is 0 Å². The smallest absolute Gasteiger partial charge is 0.224 e. The third-order valence-electron chi connectivity index (χ3n) is 5.80. The summed E-state index contributed by atoms with van der Waals surface area (Å²) in [5.41, 5.74) is 2.00. The van der Waals surface area contributed by atoms with E-state index in [1.807, 2.05) is 41.2 Å². The summed E-state index contributed by atoms with van der Waals surface area (Å²) in [5, 5.41) is 11.5. The van der Waals surface area contributed by atoms with Gasteiger partial charge in [0, 0.05) is 26.2 Å². The molecule has 0 aliphatic carbocycles. The zero-order valence-corrected chi connectivity index (χ0v) is 15.8. The molecule has 144 valence electrons. The van der Waals surface area contributed by atoms with Gasteiger partial charge >= 0.3 is 0 Å². The van der Waals surface area contributed by atoms with Gasteiger partial charge in [0.05, 0.1) is 25.3 Å². The van der Waals surface area contributed by atoms with Crippen molar-refractivity contribution in [2.45, 2.75) is 38.6 Å². The number of carbonyl (C=O) groups excluding carboxylic acids is 1. The Morgan fingerprint density at radius 3 is 2.93 bits per heavy atom. The number of aromatic nitrogens is 3. The van der Waals surface area contributed by atoms with E-state index in [9.17, 15) is 4.79 Å². The van der Waals surface area contributed by atoms with Crippen LogP contribution < -0.4 is 5.32 Å². The molecular formula is C20H27N5O2. The van der Waals surface area contributed by atoms with Crippen molar-refractivity contribution < 1.29 is 9.53 Å². The van der Waals surface area contributed by atoms with Crippen LogP contribution in [0.5, 0.6) is 0 Å². The predicted octanol–water partition coefficient (Wildman–Crippen LogP) is 1.45. The lowest BCUT2D eigenvalue weighted by Crippen LogP contribution is -2.58. The average molecular weight is 369 g/mol. The number of benzene rings is 1. The molecule has 4 atom stereocenters. The highest BCUT2D eigenvalue weighted by molar-refractivity contribution is 5.79. The highest BCUT2D eigenvalue weighted by Crippen LogP contribution is 2.36. The summed E-state index contributed by atoms with van der Waals surface area (Å²) < 4.78 is 7.01. The van der Waals surface area contributed by atoms with Crippen LogP contribution >= 0.6 is 0 Å². The Hall–Kier alpha value is -2.25. The van der Waals surface area contributed by atoms with Crippen molar-refractivity contribution in [2.75, 3.05) is 20.2 Å². The third-order valence-corrected chi connectivity index (χ3v) is 5.80. The average Bonchev–Trinajstić information content (AvgIpc) is 3.14. The molecule has 0 radical (unpaired) electrons. The van der Waals surface area contributed by atoms with Gasteiger partial charge in [0.15, 0.2) is 0 Å². The molecule has 3 fully saturated rings. The number of hydrogen-bond acceptors (Lipinski definition) is 5. The number of nitrogens with zero attached hydrogens (tertiary/aromatic N) is 4. The zero-order valence-electron chi connectivity index (χ0n) is 15.8. The maximum Gasteiger partial charge on any atom is 0.224 e. The second-order valence-electron chi connectivity index (χ2n) is 7.61. The van der Waals surface area contributed by atoms with Gasteiger partial charge in [-0.15, -0.1) is 5.10 Å². The Labute approximate surface area is 159 Å². The topological polar surface area (TPSA) is 72.3 Å². The van der Waals surface area contributed by atoms with Crippen LogP contribution in [-0.2, 0) is 29.2 Å². The number of hydrogen-bond donors (Lipinski definition) is 1. The molecule has 0 spiro atoms. The number of ether oxygens (including phenoxy) is 1. The minimum Gasteiger partial charge on any atom is -0.378 e. The van der Waals surface area contributed by atoms with E-state index in [0.717, 1.165) is 43.7 Å². The molecular weight excluding hydrogens is 342 g/mol. The molecule has 1 aromatic carbocycles. The van der Waals surface area contributed by atoms with Crippen molar-refractivity contribution in [3.63, 3.8) is 0 Å². The van der Waals surface area contributed by atoms with Gasteiger partial charge in [-0.1, -0.05) is 35.5 Å². The van der Waals surface area contributed by atoms with E-state index in [2.05, 4.69) is 20.5 Å². The Morgan fingerprint density at radius 2 is 2.19 bits per heavy atom. The molecule has 2 unspecified atom stereocenters. The van der Waals surface area contributed by atoms with Crippen molar-refractivity contribution in [1.82, 2.24) is 25.2 Å². The highest BCUT2D eigenvalue weighted by atomic mass is 16.5. The van der Waals surface area contributed by atoms with Gasteiger partial charge in [0.2, 0.25) is 5.91 Å². The van der Waals surface area contributed by atoms with E-state index in [0.29, 0.717) is 25.1 Å². The van der Waals surface area contributed by atoms with Crippen molar-refractivity contribution >= 4 is 5.91 Å². The Morgan fingerprint density at radius 1 is 1.33 bits per heavy atom. The van der Waals surface area contributed by atoms with Gasteiger partial charge < -0.3 is 10.1 Å². The minimum atomic E-state index is 0.0958. The first-order valence-electron chi connectivity index (χ1n) is 9.66. The lowest BCUT2D eigenvalue weighted by atomic mass is 9.75. The largest absolute Gasteiger partial charge is 0.378 e. The van der Waals surface area contributed by atoms with Crippen molar-refractivity contribution in [1.29, 1.82) is 0 Å². The lowest BCUT2D eigenvalue weighted by molar-refractivity contribution is -0.133. The van der Waals surface area contributed by atoms with Gasteiger partial charge in [-0.2, -0.15) is 0 Å². The summed E-state index contributed by atoms with van der Waals surface area (Å²) >= 11 is 0. The number of rotatable bonds is 7. The van der Waals surface area contributed by atoms with Gasteiger partial charge in [-0.05, 0) is 30.9 Å². The number of carbonyl (C=O) groups is 1. The molecule has 1 amide bonds. The molecule has 2 aromatic rings. The highest BCUT2D eigenvalue weighted by Gasteiger charge is 2.43. The zero-order chi connectivity index (χ0) is 18.6. The number of fused-ring (bicyclic) bond motifs is 3. The second-order valence-corrected chi connectivity index (χ2v) is 7.61. The molecule has 3 aliphatic rings. The van der Waals surface area contributed by atoms with Crippen LogP contribution in [0.4, 0.5) is 0 Å². The third kappa shape index (κ3) is 4.20. The van der Waals surface area contributed by atoms with E-state index in [1.54, 1.807) is 7.11 Å². The van der Waals surface area contributed by atoms with Gasteiger partial charge in [0.1, 0.15) is 5.69 Å². The Balaban J connectivity index is 1.32. The normalized spacial score (nSPS) is 26.9. The summed E-state index contributed by atoms with van der Waals surface area (Å²) in [6.07, 6.45) is 4.10. The van der Waals surface area contributed by atoms with Crippen molar-refractivity contribution in [3.05, 3.63) is 47.8 Å². The number of methoxy groups -OCH3 is 1. The van der Waals surface area contributed by atoms with Crippen LogP contribution in [0.3, 0.4) is 0 Å².